The Morgan fingerprint density at radius 2 is 1.81 bits per heavy atom. The largest absolute Gasteiger partial charge is 2.00 e. The van der Waals surface area contributed by atoms with Gasteiger partial charge < -0.3 is 34.0 Å². The number of aromatic nitrogens is 1. The van der Waals surface area contributed by atoms with Gasteiger partial charge in [-0.1, -0.05) is 6.20 Å². The summed E-state index contributed by atoms with van der Waals surface area (Å²) in [5, 5.41) is 2.24. The van der Waals surface area contributed by atoms with Crippen LogP contribution in [0.1, 0.15) is 27.7 Å². The van der Waals surface area contributed by atoms with Crippen molar-refractivity contribution in [3.63, 3.8) is 0 Å². The van der Waals surface area contributed by atoms with E-state index >= 15 is 0 Å². The van der Waals surface area contributed by atoms with Crippen molar-refractivity contribution in [2.45, 2.75) is 27.7 Å². The second-order valence-corrected chi connectivity index (χ2v) is 2.51. The van der Waals surface area contributed by atoms with Gasteiger partial charge in [0, 0.05) is 0 Å². The molecule has 16 heavy (non-hydrogen) atoms. The van der Waals surface area contributed by atoms with E-state index < -0.39 is 0 Å². The van der Waals surface area contributed by atoms with Crippen molar-refractivity contribution in [2.75, 3.05) is 5.32 Å². The monoisotopic (exact) mass is 246 g/mol. The smallest absolute Gasteiger partial charge is 0.491 e. The maximum Gasteiger partial charge on any atom is 2.00 e. The van der Waals surface area contributed by atoms with E-state index in [0.29, 0.717) is 5.82 Å². The molecule has 0 spiro atoms. The minimum atomic E-state index is 0. The Labute approximate surface area is 129 Å². The summed E-state index contributed by atoms with van der Waals surface area (Å²) < 4.78 is 0. The van der Waals surface area contributed by atoms with Crippen molar-refractivity contribution >= 4 is 50.0 Å². The van der Waals surface area contributed by atoms with E-state index in [2.05, 4.69) is 16.4 Å². The van der Waals surface area contributed by atoms with E-state index in [9.17, 15) is 4.79 Å². The van der Waals surface area contributed by atoms with Crippen LogP contribution < -0.4 is 5.32 Å². The molecule has 0 aliphatic heterocycles. The van der Waals surface area contributed by atoms with Crippen LogP contribution in [0.2, 0.25) is 0 Å². The van der Waals surface area contributed by atoms with E-state index in [1.165, 1.54) is 6.41 Å². The molecular weight excluding hydrogens is 228 g/mol. The standard InChI is InChI=1S/C6H4N2O.2C3H7.Ca/c9-5-8-6-3-1-2-4-7-6;2*1-3-2;/h1-2,4H,(H,7,8,9);2*3H,1-2H3;/q-2;2*-1;+2. The molecule has 0 aliphatic rings. The third-order valence-electron chi connectivity index (χ3n) is 0.775. The van der Waals surface area contributed by atoms with Gasteiger partial charge in [0.25, 0.3) is 0 Å². The first kappa shape index (κ1) is 21.2. The summed E-state index contributed by atoms with van der Waals surface area (Å²) in [6.07, 6.45) is 7.06. The third-order valence-corrected chi connectivity index (χ3v) is 0.775. The molecule has 0 atom stereocenters. The number of carbonyl (C=O) groups excluding carboxylic acids is 1. The number of hydrogen-bond acceptors (Lipinski definition) is 2. The molecule has 1 amide bonds. The zero-order chi connectivity index (χ0) is 11.9. The molecule has 3 nitrogen and oxygen atoms in total. The van der Waals surface area contributed by atoms with E-state index in [1.54, 1.807) is 18.3 Å². The van der Waals surface area contributed by atoms with Crippen molar-refractivity contribution in [1.82, 2.24) is 4.98 Å². The topological polar surface area (TPSA) is 42.0 Å². The van der Waals surface area contributed by atoms with Crippen LogP contribution in [-0.4, -0.2) is 49.1 Å². The van der Waals surface area contributed by atoms with E-state index in [4.69, 9.17) is 0 Å². The Balaban J connectivity index is -0.000000207. The minimum absolute atomic E-state index is 0. The predicted octanol–water partition coefficient (Wildman–Crippen LogP) is 2.44. The van der Waals surface area contributed by atoms with Gasteiger partial charge in [0.05, 0.1) is 6.41 Å². The molecule has 0 radical (unpaired) electrons. The number of rotatable bonds is 2. The SMILES string of the molecule is C[CH-]C.C[CH-]C.O=[C-]Nc1[c-]cccn1.[Ca+2]. The molecule has 1 aromatic heterocycles. The second-order valence-electron chi connectivity index (χ2n) is 2.51. The van der Waals surface area contributed by atoms with Crippen molar-refractivity contribution in [1.29, 1.82) is 0 Å². The van der Waals surface area contributed by atoms with Gasteiger partial charge >= 0.3 is 37.7 Å². The Bertz CT molecular complexity index is 216. The Morgan fingerprint density at radius 1 is 1.31 bits per heavy atom. The Morgan fingerprint density at radius 3 is 2.12 bits per heavy atom. The Hall–Kier alpha value is -0.120. The zero-order valence-corrected chi connectivity index (χ0v) is 12.7. The molecule has 0 aromatic carbocycles. The molecular formula is C12H18CaN2O-2. The fourth-order valence-corrected chi connectivity index (χ4v) is 0.442. The van der Waals surface area contributed by atoms with Crippen molar-refractivity contribution in [3.05, 3.63) is 37.2 Å². The van der Waals surface area contributed by atoms with E-state index in [-0.39, 0.29) is 37.7 Å². The molecule has 0 saturated heterocycles. The first-order valence-electron chi connectivity index (χ1n) is 4.70. The number of anilines is 1. The molecule has 0 fully saturated rings. The number of hydrogen-bond donors (Lipinski definition) is 1. The second kappa shape index (κ2) is 20.3. The molecule has 0 bridgehead atoms. The number of amides is 1. The summed E-state index contributed by atoms with van der Waals surface area (Å²) in [5.41, 5.74) is 0. The van der Waals surface area contributed by atoms with Crippen LogP contribution in [0.4, 0.5) is 5.82 Å². The fraction of sp³-hybridized carbons (Fsp3) is 0.333. The van der Waals surface area contributed by atoms with Crippen molar-refractivity contribution in [2.24, 2.45) is 0 Å². The molecule has 0 saturated carbocycles. The van der Waals surface area contributed by atoms with Crippen molar-refractivity contribution in [3.8, 4) is 0 Å². The summed E-state index contributed by atoms with van der Waals surface area (Å²) in [4.78, 5) is 13.4. The number of pyridine rings is 1. The molecule has 4 heteroatoms. The summed E-state index contributed by atoms with van der Waals surface area (Å²) in [5.74, 6) is 0.396. The first-order valence-corrected chi connectivity index (χ1v) is 4.70. The molecule has 1 rings (SSSR count). The maximum atomic E-state index is 9.68. The summed E-state index contributed by atoms with van der Waals surface area (Å²) in [6, 6.07) is 6.06. The van der Waals surface area contributed by atoms with Crippen molar-refractivity contribution < 1.29 is 4.79 Å². The normalized spacial score (nSPS) is 7.00. The first-order chi connectivity index (χ1) is 7.26. The van der Waals surface area contributed by atoms with Crippen LogP contribution >= 0.6 is 0 Å². The van der Waals surface area contributed by atoms with Crippen LogP contribution in [0.25, 0.3) is 0 Å². The van der Waals surface area contributed by atoms with Gasteiger partial charge in [-0.05, 0) is 0 Å². The van der Waals surface area contributed by atoms with E-state index in [1.807, 2.05) is 40.5 Å². The average molecular weight is 246 g/mol. The quantitative estimate of drug-likeness (QED) is 0.495. The average Bonchev–Trinajstić information content (AvgIpc) is 2.22. The molecule has 1 N–H and O–H groups in total. The van der Waals surface area contributed by atoms with Crippen LogP contribution in [0.15, 0.2) is 18.3 Å². The number of nitrogens with zero attached hydrogens (tertiary/aromatic N) is 1. The molecule has 1 heterocycles. The van der Waals surface area contributed by atoms with Gasteiger partial charge in [-0.2, -0.15) is 33.8 Å². The third kappa shape index (κ3) is 19.5. The summed E-state index contributed by atoms with van der Waals surface area (Å²) in [7, 11) is 0. The van der Waals surface area contributed by atoms with Gasteiger partial charge in [-0.3, -0.25) is 0 Å². The minimum Gasteiger partial charge on any atom is -0.491 e. The van der Waals surface area contributed by atoms with Crippen LogP contribution in [0.3, 0.4) is 0 Å². The number of nitrogens with one attached hydrogen (secondary N) is 1. The fourth-order valence-electron chi connectivity index (χ4n) is 0.442. The van der Waals surface area contributed by atoms with Gasteiger partial charge in [0.2, 0.25) is 0 Å². The molecule has 1 aromatic rings. The van der Waals surface area contributed by atoms with Gasteiger partial charge in [-0.15, -0.1) is 5.82 Å². The Kier molecular flexibility index (Phi) is 26.9. The van der Waals surface area contributed by atoms with Gasteiger partial charge in [-0.25, -0.2) is 6.07 Å². The van der Waals surface area contributed by atoms with Crippen LogP contribution in [0, 0.1) is 18.9 Å². The van der Waals surface area contributed by atoms with E-state index in [0.717, 1.165) is 0 Å². The maximum absolute atomic E-state index is 9.68. The van der Waals surface area contributed by atoms with Crippen LogP contribution in [0.5, 0.6) is 0 Å². The van der Waals surface area contributed by atoms with Crippen LogP contribution in [-0.2, 0) is 4.79 Å². The van der Waals surface area contributed by atoms with Gasteiger partial charge in [0.1, 0.15) is 0 Å². The summed E-state index contributed by atoms with van der Waals surface area (Å²) in [6.45, 7) is 8.00. The molecule has 86 valence electrons. The van der Waals surface area contributed by atoms with Gasteiger partial charge in [0.15, 0.2) is 0 Å². The summed E-state index contributed by atoms with van der Waals surface area (Å²) >= 11 is 0. The zero-order valence-electron chi connectivity index (χ0n) is 10.4. The molecule has 0 unspecified atom stereocenters. The molecule has 0 aliphatic carbocycles. The predicted molar refractivity (Wildman–Crippen MR) is 69.4 cm³/mol.